The molecule has 0 rings (SSSR count). The monoisotopic (exact) mass is 283 g/mol. The highest BCUT2D eigenvalue weighted by atomic mass is 16.7. The molecule has 0 saturated heterocycles. The van der Waals surface area contributed by atoms with Gasteiger partial charge in [0.05, 0.1) is 7.05 Å². The standard InChI is InChI=1S/C4H5N5O10/c1-5(9(17)18)3(10)19-2-4(6(11)12,7(13)14)8(15)16/h2H2,1H3. The minimum Gasteiger partial charge on any atom is -0.420 e. The van der Waals surface area contributed by atoms with Gasteiger partial charge < -0.3 is 4.74 Å². The third kappa shape index (κ3) is 2.96. The maximum Gasteiger partial charge on any atom is 0.734 e. The van der Waals surface area contributed by atoms with Crippen LogP contribution in [0.4, 0.5) is 4.79 Å². The molecule has 0 aliphatic carbocycles. The summed E-state index contributed by atoms with van der Waals surface area (Å²) < 4.78 is 3.83. The van der Waals surface area contributed by atoms with Crippen molar-refractivity contribution in [1.29, 1.82) is 0 Å². The van der Waals surface area contributed by atoms with Crippen molar-refractivity contribution >= 4 is 6.09 Å². The lowest BCUT2D eigenvalue weighted by atomic mass is 10.4. The van der Waals surface area contributed by atoms with Crippen LogP contribution in [0.3, 0.4) is 0 Å². The molecule has 0 aliphatic rings. The van der Waals surface area contributed by atoms with Gasteiger partial charge in [-0.3, -0.25) is 30.3 Å². The lowest BCUT2D eigenvalue weighted by molar-refractivity contribution is -0.970. The van der Waals surface area contributed by atoms with Crippen LogP contribution in [0.25, 0.3) is 0 Å². The zero-order chi connectivity index (χ0) is 15.4. The van der Waals surface area contributed by atoms with Gasteiger partial charge in [-0.25, -0.2) is 14.9 Å². The third-order valence-electron chi connectivity index (χ3n) is 1.78. The van der Waals surface area contributed by atoms with Crippen LogP contribution in [-0.2, 0) is 4.74 Å². The van der Waals surface area contributed by atoms with Crippen LogP contribution >= 0.6 is 0 Å². The van der Waals surface area contributed by atoms with Crippen molar-refractivity contribution in [2.75, 3.05) is 13.7 Å². The normalized spacial score (nSPS) is 10.4. The Hall–Kier alpha value is -3.13. The molecule has 0 saturated carbocycles. The molecule has 0 spiro atoms. The van der Waals surface area contributed by atoms with Crippen molar-refractivity contribution in [2.45, 2.75) is 5.79 Å². The first-order chi connectivity index (χ1) is 8.57. The Labute approximate surface area is 101 Å². The van der Waals surface area contributed by atoms with E-state index in [1.807, 2.05) is 0 Å². The molecule has 15 heteroatoms. The molecule has 0 radical (unpaired) electrons. The molecule has 0 aliphatic heterocycles. The largest absolute Gasteiger partial charge is 0.734 e. The molecule has 19 heavy (non-hydrogen) atoms. The number of hydrogen-bond donors (Lipinski definition) is 0. The molecule has 0 aromatic heterocycles. The van der Waals surface area contributed by atoms with Gasteiger partial charge in [-0.05, 0) is 5.01 Å². The van der Waals surface area contributed by atoms with Gasteiger partial charge in [0.25, 0.3) is 0 Å². The zero-order valence-electron chi connectivity index (χ0n) is 9.03. The molecule has 0 N–H and O–H groups in total. The van der Waals surface area contributed by atoms with Crippen molar-refractivity contribution in [1.82, 2.24) is 5.01 Å². The summed E-state index contributed by atoms with van der Waals surface area (Å²) in [5.74, 6) is -4.02. The topological polar surface area (TPSA) is 202 Å². The first-order valence-corrected chi connectivity index (χ1v) is 4.05. The Balaban J connectivity index is 5.13. The molecule has 0 unspecified atom stereocenters. The minimum absolute atomic E-state index is 0.301. The molecule has 0 aromatic carbocycles. The van der Waals surface area contributed by atoms with Gasteiger partial charge in [-0.2, -0.15) is 0 Å². The minimum atomic E-state index is -4.02. The summed E-state index contributed by atoms with van der Waals surface area (Å²) in [7, 11) is 0.578. The number of carbonyl (C=O) groups is 1. The van der Waals surface area contributed by atoms with Gasteiger partial charge in [0, 0.05) is 0 Å². The van der Waals surface area contributed by atoms with Crippen molar-refractivity contribution in [3.05, 3.63) is 40.5 Å². The average molecular weight is 283 g/mol. The van der Waals surface area contributed by atoms with Gasteiger partial charge >= 0.3 is 18.5 Å². The van der Waals surface area contributed by atoms with Crippen molar-refractivity contribution in [3.63, 3.8) is 0 Å². The van der Waals surface area contributed by atoms with E-state index >= 15 is 0 Å². The van der Waals surface area contributed by atoms with E-state index in [1.165, 1.54) is 0 Å². The molecule has 106 valence electrons. The fourth-order valence-electron chi connectivity index (χ4n) is 0.677. The van der Waals surface area contributed by atoms with Gasteiger partial charge in [-0.1, -0.05) is 0 Å². The van der Waals surface area contributed by atoms with Crippen LogP contribution in [0.2, 0.25) is 0 Å². The van der Waals surface area contributed by atoms with Gasteiger partial charge in [-0.15, -0.1) is 0 Å². The Morgan fingerprint density at radius 1 is 1.05 bits per heavy atom. The quantitative estimate of drug-likeness (QED) is 0.321. The molecular formula is C4H5N5O10. The second-order valence-corrected chi connectivity index (χ2v) is 2.86. The van der Waals surface area contributed by atoms with E-state index in [-0.39, 0.29) is 5.01 Å². The number of ether oxygens (including phenoxy) is 1. The van der Waals surface area contributed by atoms with Crippen molar-refractivity contribution in [3.8, 4) is 0 Å². The summed E-state index contributed by atoms with van der Waals surface area (Å²) in [6.45, 7) is -1.91. The van der Waals surface area contributed by atoms with E-state index in [0.717, 1.165) is 0 Å². The SMILES string of the molecule is CN(C(=O)OCC([N+](=O)[O-])([N+](=O)[O-])[N+](=O)[O-])[N+](=O)[O-]. The first-order valence-electron chi connectivity index (χ1n) is 4.05. The van der Waals surface area contributed by atoms with Gasteiger partial charge in [0.1, 0.15) is 0 Å². The van der Waals surface area contributed by atoms with Crippen LogP contribution in [0.5, 0.6) is 0 Å². The summed E-state index contributed by atoms with van der Waals surface area (Å²) in [5, 5.41) is 39.7. The van der Waals surface area contributed by atoms with Crippen molar-refractivity contribution < 1.29 is 29.3 Å². The van der Waals surface area contributed by atoms with Crippen LogP contribution in [0, 0.1) is 40.5 Å². The third-order valence-corrected chi connectivity index (χ3v) is 1.78. The Morgan fingerprint density at radius 2 is 1.42 bits per heavy atom. The number of rotatable bonds is 6. The molecule has 0 fully saturated rings. The molecule has 1 amide bonds. The highest BCUT2D eigenvalue weighted by Gasteiger charge is 2.72. The summed E-state index contributed by atoms with van der Waals surface area (Å²) in [4.78, 5) is 46.6. The second kappa shape index (κ2) is 5.47. The van der Waals surface area contributed by atoms with Crippen molar-refractivity contribution in [2.24, 2.45) is 0 Å². The molecule has 0 aromatic rings. The van der Waals surface area contributed by atoms with Gasteiger partial charge in [0.2, 0.25) is 0 Å². The van der Waals surface area contributed by atoms with E-state index < -0.39 is 38.3 Å². The number of hydrogen-bond acceptors (Lipinski definition) is 10. The summed E-state index contributed by atoms with van der Waals surface area (Å²) >= 11 is 0. The number of nitro groups is 4. The maximum absolute atomic E-state index is 10.9. The van der Waals surface area contributed by atoms with E-state index in [2.05, 4.69) is 4.74 Å². The number of nitrogens with zero attached hydrogens (tertiary/aromatic N) is 5. The maximum atomic E-state index is 10.9. The van der Waals surface area contributed by atoms with Crippen LogP contribution in [0.1, 0.15) is 0 Å². The molecule has 0 heterocycles. The molecule has 0 atom stereocenters. The Kier molecular flexibility index (Phi) is 4.57. The predicted molar refractivity (Wildman–Crippen MR) is 49.8 cm³/mol. The van der Waals surface area contributed by atoms with Crippen LogP contribution < -0.4 is 0 Å². The smallest absolute Gasteiger partial charge is 0.420 e. The van der Waals surface area contributed by atoms with Crippen LogP contribution in [0.15, 0.2) is 0 Å². The van der Waals surface area contributed by atoms with E-state index in [9.17, 15) is 45.3 Å². The average Bonchev–Trinajstić information content (AvgIpc) is 2.26. The number of carbonyl (C=O) groups excluding carboxylic acids is 1. The van der Waals surface area contributed by atoms with E-state index in [1.54, 1.807) is 0 Å². The van der Waals surface area contributed by atoms with Gasteiger partial charge in [0.15, 0.2) is 19.8 Å². The van der Waals surface area contributed by atoms with Crippen LogP contribution in [-0.4, -0.2) is 50.3 Å². The fourth-order valence-corrected chi connectivity index (χ4v) is 0.677. The predicted octanol–water partition coefficient (Wildman–Crippen LogP) is -1.27. The first kappa shape index (κ1) is 15.9. The molecular weight excluding hydrogens is 278 g/mol. The lowest BCUT2D eigenvalue weighted by Gasteiger charge is -2.10. The molecule has 15 nitrogen and oxygen atoms in total. The fraction of sp³-hybridized carbons (Fsp3) is 0.750. The number of hydrazine groups is 1. The summed E-state index contributed by atoms with van der Waals surface area (Å²) in [6.07, 6.45) is -1.83. The highest BCUT2D eigenvalue weighted by Crippen LogP contribution is 2.13. The van der Waals surface area contributed by atoms with E-state index in [4.69, 9.17) is 0 Å². The van der Waals surface area contributed by atoms with E-state index in [0.29, 0.717) is 7.05 Å². The Bertz CT molecular complexity index is 409. The zero-order valence-corrected chi connectivity index (χ0v) is 9.03. The lowest BCUT2D eigenvalue weighted by Crippen LogP contribution is -2.57. The highest BCUT2D eigenvalue weighted by molar-refractivity contribution is 5.65. The second-order valence-electron chi connectivity index (χ2n) is 2.86. The summed E-state index contributed by atoms with van der Waals surface area (Å²) in [5.41, 5.74) is 0. The Morgan fingerprint density at radius 3 is 1.68 bits per heavy atom. The summed E-state index contributed by atoms with van der Waals surface area (Å²) in [6, 6.07) is 0. The number of amides is 1. The molecule has 0 bridgehead atoms.